The minimum absolute atomic E-state index is 0.0579. The third kappa shape index (κ3) is 12.9. The highest BCUT2D eigenvalue weighted by atomic mass is 16.6. The first kappa shape index (κ1) is 23.6. The van der Waals surface area contributed by atoms with Crippen molar-refractivity contribution in [3.8, 4) is 0 Å². The van der Waals surface area contributed by atoms with Crippen LogP contribution in [0.3, 0.4) is 0 Å². The fourth-order valence-corrected chi connectivity index (χ4v) is 1.76. The maximum Gasteiger partial charge on any atom is 0.333 e. The Balaban J connectivity index is 0.000000375. The average molecular weight is 367 g/mol. The fourth-order valence-electron chi connectivity index (χ4n) is 1.76. The number of carbonyl (C=O) groups excluding carboxylic acids is 3. The zero-order chi connectivity index (χ0) is 19.9. The van der Waals surface area contributed by atoms with Crippen LogP contribution in [0.5, 0.6) is 0 Å². The van der Waals surface area contributed by atoms with E-state index in [-0.39, 0.29) is 29.9 Å². The van der Waals surface area contributed by atoms with Crippen molar-refractivity contribution >= 4 is 17.8 Å². The summed E-state index contributed by atoms with van der Waals surface area (Å²) in [6.45, 7) is 15.1. The monoisotopic (exact) mass is 367 g/mol. The number of ether oxygens (including phenoxy) is 3. The molecule has 1 N–H and O–H groups in total. The number of carbonyl (C=O) groups is 3. The summed E-state index contributed by atoms with van der Waals surface area (Å²) >= 11 is 0. The van der Waals surface area contributed by atoms with E-state index in [0.29, 0.717) is 18.8 Å². The van der Waals surface area contributed by atoms with Crippen LogP contribution in [0.25, 0.3) is 0 Å². The summed E-state index contributed by atoms with van der Waals surface area (Å²) in [5.41, 5.74) is 0.431. The van der Waals surface area contributed by atoms with Gasteiger partial charge in [0.25, 0.3) is 0 Å². The highest BCUT2D eigenvalue weighted by Crippen LogP contribution is 2.12. The van der Waals surface area contributed by atoms with E-state index in [1.807, 2.05) is 0 Å². The minimum atomic E-state index is -0.337. The van der Waals surface area contributed by atoms with Gasteiger partial charge in [-0.05, 0) is 19.8 Å². The highest BCUT2D eigenvalue weighted by Gasteiger charge is 2.24. The van der Waals surface area contributed by atoms with Crippen LogP contribution in [-0.4, -0.2) is 43.7 Å². The minimum Gasteiger partial charge on any atom is -0.459 e. The lowest BCUT2D eigenvalue weighted by Crippen LogP contribution is -2.27. The molecule has 26 heavy (non-hydrogen) atoms. The van der Waals surface area contributed by atoms with E-state index >= 15 is 0 Å². The molecule has 2 heterocycles. The van der Waals surface area contributed by atoms with Gasteiger partial charge < -0.3 is 19.5 Å². The van der Waals surface area contributed by atoms with E-state index in [2.05, 4.69) is 29.8 Å². The molecule has 0 spiro atoms. The Morgan fingerprint density at radius 1 is 1.31 bits per heavy atom. The van der Waals surface area contributed by atoms with Gasteiger partial charge in [-0.1, -0.05) is 25.7 Å². The molecular weight excluding hydrogens is 338 g/mol. The Labute approximate surface area is 155 Å². The van der Waals surface area contributed by atoms with E-state index in [1.165, 1.54) is 6.92 Å². The third-order valence-electron chi connectivity index (χ3n) is 3.26. The molecule has 0 aromatic carbocycles. The van der Waals surface area contributed by atoms with Gasteiger partial charge in [0.2, 0.25) is 5.91 Å². The normalized spacial score (nSPS) is 20.3. The molecule has 2 aliphatic heterocycles. The molecule has 2 unspecified atom stereocenters. The first-order chi connectivity index (χ1) is 12.3. The van der Waals surface area contributed by atoms with Crippen molar-refractivity contribution in [2.45, 2.75) is 39.2 Å². The van der Waals surface area contributed by atoms with Crippen molar-refractivity contribution in [2.24, 2.45) is 5.92 Å². The van der Waals surface area contributed by atoms with Crippen LogP contribution in [0.2, 0.25) is 0 Å². The second-order valence-electron chi connectivity index (χ2n) is 5.74. The van der Waals surface area contributed by atoms with Crippen LogP contribution in [0.15, 0.2) is 37.6 Å². The Kier molecular flexibility index (Phi) is 12.6. The van der Waals surface area contributed by atoms with Gasteiger partial charge in [0.1, 0.15) is 12.7 Å². The Morgan fingerprint density at radius 3 is 2.38 bits per heavy atom. The zero-order valence-electron chi connectivity index (χ0n) is 15.6. The predicted molar refractivity (Wildman–Crippen MR) is 98.0 cm³/mol. The van der Waals surface area contributed by atoms with Gasteiger partial charge in [-0.15, -0.1) is 6.58 Å². The number of esters is 2. The summed E-state index contributed by atoms with van der Waals surface area (Å²) in [4.78, 5) is 31.5. The molecule has 0 aromatic heterocycles. The van der Waals surface area contributed by atoms with Crippen LogP contribution in [0.4, 0.5) is 0 Å². The number of nitrogens with one attached hydrogen (secondary N) is 1. The molecule has 2 saturated heterocycles. The predicted octanol–water partition coefficient (Wildman–Crippen LogP) is 2.29. The molecule has 0 saturated carbocycles. The lowest BCUT2D eigenvalue weighted by molar-refractivity contribution is -0.139. The molecule has 146 valence electrons. The van der Waals surface area contributed by atoms with Gasteiger partial charge in [-0.25, -0.2) is 4.79 Å². The van der Waals surface area contributed by atoms with E-state index in [1.54, 1.807) is 13.0 Å². The van der Waals surface area contributed by atoms with Crippen molar-refractivity contribution in [1.82, 2.24) is 5.32 Å². The quantitative estimate of drug-likeness (QED) is 0.263. The summed E-state index contributed by atoms with van der Waals surface area (Å²) in [5, 5.41) is 2.84. The van der Waals surface area contributed by atoms with Gasteiger partial charge in [0.05, 0.1) is 18.8 Å². The van der Waals surface area contributed by atoms with E-state index < -0.39 is 0 Å². The third-order valence-corrected chi connectivity index (χ3v) is 3.26. The Bertz CT molecular complexity index is 510. The van der Waals surface area contributed by atoms with Gasteiger partial charge in [-0.3, -0.25) is 9.59 Å². The maximum atomic E-state index is 11.1. The van der Waals surface area contributed by atoms with Crippen molar-refractivity contribution < 1.29 is 28.6 Å². The van der Waals surface area contributed by atoms with Crippen molar-refractivity contribution in [3.63, 3.8) is 0 Å². The zero-order valence-corrected chi connectivity index (χ0v) is 15.6. The molecular formula is C19H29NO6. The van der Waals surface area contributed by atoms with Crippen LogP contribution in [0.1, 0.15) is 33.1 Å². The number of amides is 1. The van der Waals surface area contributed by atoms with Gasteiger partial charge in [-0.2, -0.15) is 0 Å². The van der Waals surface area contributed by atoms with E-state index in [9.17, 15) is 14.4 Å². The summed E-state index contributed by atoms with van der Waals surface area (Å²) in [7, 11) is 0. The number of epoxide rings is 1. The molecule has 2 atom stereocenters. The van der Waals surface area contributed by atoms with Crippen LogP contribution < -0.4 is 5.32 Å². The van der Waals surface area contributed by atoms with Crippen molar-refractivity contribution in [1.29, 1.82) is 0 Å². The van der Waals surface area contributed by atoms with E-state index in [0.717, 1.165) is 32.1 Å². The number of hydrogen-bond donors (Lipinski definition) is 1. The van der Waals surface area contributed by atoms with Gasteiger partial charge in [0, 0.05) is 19.0 Å². The SMILES string of the molecule is C=C(C)C(=O)OCC1CO1.C=CC1CCCCNC1=O.C=COC(C)=O. The largest absolute Gasteiger partial charge is 0.459 e. The number of rotatable bonds is 5. The smallest absolute Gasteiger partial charge is 0.333 e. The standard InChI is InChI=1S/C8H13NO.C7H10O3.C4H6O2/c1-2-7-5-3-4-6-9-8(7)10;1-5(2)7(8)10-4-6-3-9-6;1-3-6-4(2)5/h2,7H,1,3-6H2,(H,9,10);6H,1,3-4H2,2H3;3H,1H2,2H3. The summed E-state index contributed by atoms with van der Waals surface area (Å²) in [5.74, 6) is -0.462. The van der Waals surface area contributed by atoms with Gasteiger partial charge in [0.15, 0.2) is 0 Å². The first-order valence-corrected chi connectivity index (χ1v) is 8.44. The molecule has 2 fully saturated rings. The molecule has 0 radical (unpaired) electrons. The fraction of sp³-hybridized carbons (Fsp3) is 0.526. The Hall–Kier alpha value is -2.41. The second kappa shape index (κ2) is 13.8. The summed E-state index contributed by atoms with van der Waals surface area (Å²) in [6.07, 6.45) is 6.19. The lowest BCUT2D eigenvalue weighted by atomic mass is 10.0. The first-order valence-electron chi connectivity index (χ1n) is 8.44. The van der Waals surface area contributed by atoms with Gasteiger partial charge >= 0.3 is 11.9 Å². The number of hydrogen-bond acceptors (Lipinski definition) is 6. The topological polar surface area (TPSA) is 94.2 Å². The molecule has 2 aliphatic rings. The molecule has 1 amide bonds. The summed E-state index contributed by atoms with van der Waals surface area (Å²) in [6, 6.07) is 0. The van der Waals surface area contributed by atoms with Crippen LogP contribution in [0, 0.1) is 5.92 Å². The Morgan fingerprint density at radius 2 is 1.96 bits per heavy atom. The molecule has 7 nitrogen and oxygen atoms in total. The molecule has 2 rings (SSSR count). The van der Waals surface area contributed by atoms with Crippen molar-refractivity contribution in [2.75, 3.05) is 19.8 Å². The molecule has 0 bridgehead atoms. The van der Waals surface area contributed by atoms with Crippen LogP contribution in [-0.2, 0) is 28.6 Å². The highest BCUT2D eigenvalue weighted by molar-refractivity contribution is 5.86. The lowest BCUT2D eigenvalue weighted by Gasteiger charge is -2.05. The second-order valence-corrected chi connectivity index (χ2v) is 5.74. The van der Waals surface area contributed by atoms with E-state index in [4.69, 9.17) is 9.47 Å². The summed E-state index contributed by atoms with van der Waals surface area (Å²) < 4.78 is 13.8. The molecule has 0 aliphatic carbocycles. The molecule has 0 aromatic rings. The van der Waals surface area contributed by atoms with Crippen molar-refractivity contribution in [3.05, 3.63) is 37.6 Å². The average Bonchev–Trinajstić information content (AvgIpc) is 3.41. The molecule has 7 heteroatoms. The maximum absolute atomic E-state index is 11.1. The van der Waals surface area contributed by atoms with Crippen LogP contribution >= 0.6 is 0 Å².